The second-order valence-electron chi connectivity index (χ2n) is 6.57. The highest BCUT2D eigenvalue weighted by molar-refractivity contribution is 5.80. The number of hydrogen-bond acceptors (Lipinski definition) is 2. The molecule has 120 valence electrons. The monoisotopic (exact) mass is 300 g/mol. The minimum absolute atomic E-state index is 0.334. The number of nitrogens with zero attached hydrogens (tertiary/aromatic N) is 2. The van der Waals surface area contributed by atoms with Crippen LogP contribution in [0.4, 0.5) is 5.69 Å². The minimum atomic E-state index is 0.334. The van der Waals surface area contributed by atoms with Crippen LogP contribution in [0.1, 0.15) is 44.2 Å². The predicted octanol–water partition coefficient (Wildman–Crippen LogP) is 3.26. The molecule has 3 rings (SSSR count). The zero-order valence-electron chi connectivity index (χ0n) is 14.0. The highest BCUT2D eigenvalue weighted by Gasteiger charge is 2.31. The van der Waals surface area contributed by atoms with E-state index in [1.54, 1.807) is 0 Å². The Balaban J connectivity index is 1.69. The highest BCUT2D eigenvalue weighted by Crippen LogP contribution is 2.30. The molecule has 2 aliphatic rings. The largest absolute Gasteiger partial charge is 0.368 e. The minimum Gasteiger partial charge on any atom is -0.368 e. The Bertz CT molecular complexity index is 506. The van der Waals surface area contributed by atoms with Gasteiger partial charge in [0.25, 0.3) is 0 Å². The Kier molecular flexibility index (Phi) is 4.70. The van der Waals surface area contributed by atoms with Crippen molar-refractivity contribution in [1.82, 2.24) is 4.90 Å². The third-order valence-electron chi connectivity index (χ3n) is 5.33. The second-order valence-corrected chi connectivity index (χ2v) is 6.57. The van der Waals surface area contributed by atoms with E-state index in [0.29, 0.717) is 11.8 Å². The molecule has 1 aliphatic carbocycles. The van der Waals surface area contributed by atoms with Crippen molar-refractivity contribution in [3.05, 3.63) is 29.3 Å². The molecule has 2 fully saturated rings. The van der Waals surface area contributed by atoms with Crippen molar-refractivity contribution >= 4 is 11.6 Å². The maximum absolute atomic E-state index is 12.4. The highest BCUT2D eigenvalue weighted by atomic mass is 16.2. The number of para-hydroxylation sites is 1. The molecule has 0 aromatic heterocycles. The third kappa shape index (κ3) is 2.86. The van der Waals surface area contributed by atoms with E-state index in [9.17, 15) is 4.79 Å². The number of aryl methyl sites for hydroxylation is 2. The van der Waals surface area contributed by atoms with Crippen molar-refractivity contribution in [1.29, 1.82) is 0 Å². The lowest BCUT2D eigenvalue weighted by Crippen LogP contribution is -2.51. The molecule has 22 heavy (non-hydrogen) atoms. The maximum atomic E-state index is 12.4. The van der Waals surface area contributed by atoms with Gasteiger partial charge in [-0.3, -0.25) is 4.79 Å². The van der Waals surface area contributed by atoms with Crippen LogP contribution in [-0.2, 0) is 17.6 Å². The summed E-state index contributed by atoms with van der Waals surface area (Å²) in [5.41, 5.74) is 4.32. The first-order valence-corrected chi connectivity index (χ1v) is 8.89. The van der Waals surface area contributed by atoms with Crippen LogP contribution in [0.2, 0.25) is 0 Å². The molecule has 1 aromatic rings. The van der Waals surface area contributed by atoms with Gasteiger partial charge in [0.05, 0.1) is 0 Å². The molecular weight excluding hydrogens is 272 g/mol. The molecule has 0 atom stereocenters. The van der Waals surface area contributed by atoms with Gasteiger partial charge >= 0.3 is 0 Å². The first-order chi connectivity index (χ1) is 10.7. The van der Waals surface area contributed by atoms with Crippen LogP contribution < -0.4 is 4.90 Å². The zero-order chi connectivity index (χ0) is 15.5. The summed E-state index contributed by atoms with van der Waals surface area (Å²) < 4.78 is 0. The van der Waals surface area contributed by atoms with E-state index in [0.717, 1.165) is 51.9 Å². The molecule has 1 saturated carbocycles. The summed E-state index contributed by atoms with van der Waals surface area (Å²) in [6.45, 7) is 8.18. The van der Waals surface area contributed by atoms with Crippen LogP contribution in [0, 0.1) is 5.92 Å². The van der Waals surface area contributed by atoms with Crippen molar-refractivity contribution in [3.8, 4) is 0 Å². The number of piperazine rings is 1. The Morgan fingerprint density at radius 3 is 2.09 bits per heavy atom. The summed E-state index contributed by atoms with van der Waals surface area (Å²) in [7, 11) is 0. The fourth-order valence-corrected chi connectivity index (χ4v) is 3.69. The molecule has 1 heterocycles. The van der Waals surface area contributed by atoms with E-state index in [1.807, 2.05) is 0 Å². The van der Waals surface area contributed by atoms with E-state index < -0.39 is 0 Å². The van der Waals surface area contributed by atoms with Gasteiger partial charge in [-0.1, -0.05) is 38.5 Å². The van der Waals surface area contributed by atoms with Gasteiger partial charge in [0.15, 0.2) is 0 Å². The van der Waals surface area contributed by atoms with Crippen LogP contribution in [0.25, 0.3) is 0 Å². The number of amides is 1. The molecular formula is C19H28N2O. The van der Waals surface area contributed by atoms with Crippen LogP contribution in [0.15, 0.2) is 18.2 Å². The van der Waals surface area contributed by atoms with Gasteiger partial charge in [-0.2, -0.15) is 0 Å². The predicted molar refractivity (Wildman–Crippen MR) is 91.3 cm³/mol. The number of hydrogen-bond donors (Lipinski definition) is 0. The average Bonchev–Trinajstić information content (AvgIpc) is 2.52. The van der Waals surface area contributed by atoms with Gasteiger partial charge in [-0.15, -0.1) is 0 Å². The summed E-state index contributed by atoms with van der Waals surface area (Å²) in [5, 5.41) is 0. The lowest BCUT2D eigenvalue weighted by atomic mass is 9.84. The smallest absolute Gasteiger partial charge is 0.225 e. The van der Waals surface area contributed by atoms with Crippen molar-refractivity contribution in [3.63, 3.8) is 0 Å². The maximum Gasteiger partial charge on any atom is 0.225 e. The first-order valence-electron chi connectivity index (χ1n) is 8.89. The molecule has 0 N–H and O–H groups in total. The molecule has 0 radical (unpaired) electrons. The van der Waals surface area contributed by atoms with Crippen molar-refractivity contribution in [2.24, 2.45) is 5.92 Å². The Labute approximate surface area is 134 Å². The molecule has 3 heteroatoms. The molecule has 1 aliphatic heterocycles. The van der Waals surface area contributed by atoms with Crippen LogP contribution >= 0.6 is 0 Å². The standard InChI is InChI=1S/C19H28N2O/c1-3-15-7-5-8-16(4-2)18(15)20-11-13-21(14-12-20)19(22)17-9-6-10-17/h5,7-8,17H,3-4,6,9-14H2,1-2H3. The number of benzene rings is 1. The normalized spacial score (nSPS) is 19.2. The SMILES string of the molecule is CCc1cccc(CC)c1N1CCN(C(=O)C2CCC2)CC1. The number of carbonyl (C=O) groups excluding carboxylic acids is 1. The van der Waals surface area contributed by atoms with Gasteiger partial charge in [-0.25, -0.2) is 0 Å². The molecule has 3 nitrogen and oxygen atoms in total. The molecule has 0 unspecified atom stereocenters. The number of anilines is 1. The fraction of sp³-hybridized carbons (Fsp3) is 0.632. The van der Waals surface area contributed by atoms with Crippen molar-refractivity contribution < 1.29 is 4.79 Å². The van der Waals surface area contributed by atoms with Crippen LogP contribution in [-0.4, -0.2) is 37.0 Å². The van der Waals surface area contributed by atoms with Crippen LogP contribution in [0.3, 0.4) is 0 Å². The van der Waals surface area contributed by atoms with Crippen LogP contribution in [0.5, 0.6) is 0 Å². The van der Waals surface area contributed by atoms with Gasteiger partial charge in [-0.05, 0) is 36.8 Å². The average molecular weight is 300 g/mol. The summed E-state index contributed by atoms with van der Waals surface area (Å²) in [6, 6.07) is 6.68. The Morgan fingerprint density at radius 1 is 1.05 bits per heavy atom. The molecule has 1 amide bonds. The van der Waals surface area contributed by atoms with E-state index >= 15 is 0 Å². The quantitative estimate of drug-likeness (QED) is 0.852. The van der Waals surface area contributed by atoms with Gasteiger partial charge < -0.3 is 9.80 Å². The number of rotatable bonds is 4. The van der Waals surface area contributed by atoms with E-state index in [-0.39, 0.29) is 0 Å². The lowest BCUT2D eigenvalue weighted by Gasteiger charge is -2.40. The van der Waals surface area contributed by atoms with E-state index in [4.69, 9.17) is 0 Å². The summed E-state index contributed by atoms with van der Waals surface area (Å²) in [6.07, 6.45) is 5.60. The molecule has 0 spiro atoms. The Morgan fingerprint density at radius 2 is 1.64 bits per heavy atom. The summed E-state index contributed by atoms with van der Waals surface area (Å²) in [4.78, 5) is 17.0. The van der Waals surface area contributed by atoms with Crippen molar-refractivity contribution in [2.45, 2.75) is 46.0 Å². The van der Waals surface area contributed by atoms with Gasteiger partial charge in [0.1, 0.15) is 0 Å². The Hall–Kier alpha value is -1.51. The molecule has 0 bridgehead atoms. The summed E-state index contributed by atoms with van der Waals surface area (Å²) >= 11 is 0. The second kappa shape index (κ2) is 6.72. The number of carbonyl (C=O) groups is 1. The van der Waals surface area contributed by atoms with Gasteiger partial charge in [0.2, 0.25) is 5.91 Å². The fourth-order valence-electron chi connectivity index (χ4n) is 3.69. The molecule has 1 saturated heterocycles. The lowest BCUT2D eigenvalue weighted by molar-refractivity contribution is -0.138. The molecule has 1 aromatic carbocycles. The van der Waals surface area contributed by atoms with Crippen molar-refractivity contribution in [2.75, 3.05) is 31.1 Å². The van der Waals surface area contributed by atoms with E-state index in [1.165, 1.54) is 23.2 Å². The zero-order valence-corrected chi connectivity index (χ0v) is 14.0. The van der Waals surface area contributed by atoms with Gasteiger partial charge in [0, 0.05) is 37.8 Å². The first kappa shape index (κ1) is 15.4. The summed E-state index contributed by atoms with van der Waals surface area (Å²) in [5.74, 6) is 0.742. The topological polar surface area (TPSA) is 23.6 Å². The third-order valence-corrected chi connectivity index (χ3v) is 5.33. The van der Waals surface area contributed by atoms with E-state index in [2.05, 4.69) is 41.8 Å².